The van der Waals surface area contributed by atoms with Gasteiger partial charge in [0, 0.05) is 19.7 Å². The average molecular weight is 283 g/mol. The van der Waals surface area contributed by atoms with Crippen molar-refractivity contribution in [2.75, 3.05) is 5.32 Å². The highest BCUT2D eigenvalue weighted by Crippen LogP contribution is 2.11. The van der Waals surface area contributed by atoms with Crippen LogP contribution in [0.5, 0.6) is 0 Å². The van der Waals surface area contributed by atoms with Crippen LogP contribution in [0.25, 0.3) is 0 Å². The van der Waals surface area contributed by atoms with E-state index in [1.807, 2.05) is 0 Å². The van der Waals surface area contributed by atoms with Crippen LogP contribution in [0.2, 0.25) is 0 Å². The van der Waals surface area contributed by atoms with E-state index < -0.39 is 23.9 Å². The molecule has 20 heavy (non-hydrogen) atoms. The summed E-state index contributed by atoms with van der Waals surface area (Å²) in [7, 11) is 1.70. The number of hydrogen-bond acceptors (Lipinski definition) is 4. The highest BCUT2D eigenvalue weighted by molar-refractivity contribution is 5.92. The molecule has 0 aromatic carbocycles. The Balaban J connectivity index is 2.60. The van der Waals surface area contributed by atoms with Gasteiger partial charge in [-0.05, 0) is 13.3 Å². The van der Waals surface area contributed by atoms with Crippen LogP contribution in [0.3, 0.4) is 0 Å². The number of carbonyl (C=O) groups excluding carboxylic acids is 2. The van der Waals surface area contributed by atoms with E-state index >= 15 is 0 Å². The van der Waals surface area contributed by atoms with Crippen molar-refractivity contribution in [2.45, 2.75) is 25.8 Å². The zero-order valence-corrected chi connectivity index (χ0v) is 11.2. The number of nitrogens with zero attached hydrogens (tertiary/aromatic N) is 2. The fourth-order valence-electron chi connectivity index (χ4n) is 1.58. The lowest BCUT2D eigenvalue weighted by molar-refractivity contribution is -0.139. The van der Waals surface area contributed by atoms with Crippen molar-refractivity contribution in [3.05, 3.63) is 11.9 Å². The van der Waals surface area contributed by atoms with Crippen LogP contribution in [0.1, 0.15) is 18.5 Å². The second-order valence-electron chi connectivity index (χ2n) is 4.30. The summed E-state index contributed by atoms with van der Waals surface area (Å²) in [4.78, 5) is 33.3. The van der Waals surface area contributed by atoms with E-state index in [4.69, 9.17) is 10.8 Å². The van der Waals surface area contributed by atoms with Gasteiger partial charge in [-0.1, -0.05) is 0 Å². The third-order valence-electron chi connectivity index (χ3n) is 2.54. The molecule has 0 aliphatic heterocycles. The number of aliphatic carboxylic acids is 1. The first kappa shape index (κ1) is 15.5. The summed E-state index contributed by atoms with van der Waals surface area (Å²) in [6.45, 7) is 1.71. The Morgan fingerprint density at radius 2 is 2.15 bits per heavy atom. The van der Waals surface area contributed by atoms with Crippen LogP contribution in [0.4, 0.5) is 10.5 Å². The largest absolute Gasteiger partial charge is 0.480 e. The van der Waals surface area contributed by atoms with Gasteiger partial charge in [0.25, 0.3) is 0 Å². The molecule has 0 saturated carbocycles. The van der Waals surface area contributed by atoms with Gasteiger partial charge in [0.1, 0.15) is 6.04 Å². The van der Waals surface area contributed by atoms with Crippen LogP contribution in [0.15, 0.2) is 6.20 Å². The number of urea groups is 1. The maximum absolute atomic E-state index is 11.7. The van der Waals surface area contributed by atoms with Gasteiger partial charge in [-0.25, -0.2) is 9.59 Å². The molecule has 1 aromatic rings. The minimum absolute atomic E-state index is 0.0654. The third-order valence-corrected chi connectivity index (χ3v) is 2.54. The molecule has 9 heteroatoms. The van der Waals surface area contributed by atoms with Gasteiger partial charge in [0.15, 0.2) is 0 Å². The first-order valence-electron chi connectivity index (χ1n) is 5.88. The minimum atomic E-state index is -1.23. The van der Waals surface area contributed by atoms with Gasteiger partial charge in [0.2, 0.25) is 5.91 Å². The number of nitrogens with one attached hydrogen (secondary N) is 2. The summed E-state index contributed by atoms with van der Waals surface area (Å²) in [5.41, 5.74) is 6.03. The van der Waals surface area contributed by atoms with Gasteiger partial charge >= 0.3 is 12.0 Å². The van der Waals surface area contributed by atoms with Crippen molar-refractivity contribution in [3.63, 3.8) is 0 Å². The zero-order chi connectivity index (χ0) is 15.3. The van der Waals surface area contributed by atoms with Gasteiger partial charge < -0.3 is 21.5 Å². The topological polar surface area (TPSA) is 139 Å². The number of anilines is 1. The van der Waals surface area contributed by atoms with Crippen LogP contribution >= 0.6 is 0 Å². The summed E-state index contributed by atoms with van der Waals surface area (Å²) < 4.78 is 1.52. The van der Waals surface area contributed by atoms with Gasteiger partial charge in [-0.2, -0.15) is 5.10 Å². The number of hydrogen-bond donors (Lipinski definition) is 4. The van der Waals surface area contributed by atoms with Crippen LogP contribution in [-0.4, -0.2) is 38.8 Å². The van der Waals surface area contributed by atoms with E-state index in [0.717, 1.165) is 0 Å². The highest BCUT2D eigenvalue weighted by Gasteiger charge is 2.21. The van der Waals surface area contributed by atoms with E-state index in [2.05, 4.69) is 15.7 Å². The third kappa shape index (κ3) is 4.59. The molecule has 0 aliphatic rings. The first-order chi connectivity index (χ1) is 9.29. The van der Waals surface area contributed by atoms with Crippen molar-refractivity contribution in [1.82, 2.24) is 15.1 Å². The molecule has 110 valence electrons. The molecule has 9 nitrogen and oxygen atoms in total. The molecular formula is C11H17N5O4. The molecule has 0 saturated heterocycles. The van der Waals surface area contributed by atoms with Crippen LogP contribution in [-0.2, 0) is 16.6 Å². The molecule has 0 aliphatic carbocycles. The second-order valence-corrected chi connectivity index (χ2v) is 4.30. The van der Waals surface area contributed by atoms with E-state index in [-0.39, 0.29) is 12.8 Å². The summed E-state index contributed by atoms with van der Waals surface area (Å²) >= 11 is 0. The Kier molecular flexibility index (Phi) is 5.07. The standard InChI is InChI=1S/C11H17N5O4/c1-6-8(5-16(2)15-6)14-11(20)13-7(10(18)19)3-4-9(12)17/h5,7H,3-4H2,1-2H3,(H2,12,17)(H,18,19)(H2,13,14,20)/t7-/m1/s1. The fraction of sp³-hybridized carbons (Fsp3) is 0.455. The van der Waals surface area contributed by atoms with Crippen LogP contribution in [0, 0.1) is 6.92 Å². The SMILES string of the molecule is Cc1nn(C)cc1NC(=O)N[C@H](CCC(N)=O)C(=O)O. The summed E-state index contributed by atoms with van der Waals surface area (Å²) in [6.07, 6.45) is 1.40. The van der Waals surface area contributed by atoms with Crippen molar-refractivity contribution in [1.29, 1.82) is 0 Å². The summed E-state index contributed by atoms with van der Waals surface area (Å²) in [5, 5.41) is 17.7. The number of carboxylic acid groups (broad SMARTS) is 1. The number of aromatic nitrogens is 2. The molecule has 5 N–H and O–H groups in total. The first-order valence-corrected chi connectivity index (χ1v) is 5.88. The molecule has 1 atom stereocenters. The Bertz CT molecular complexity index is 525. The van der Waals surface area contributed by atoms with Gasteiger partial charge in [-0.15, -0.1) is 0 Å². The Hall–Kier alpha value is -2.58. The van der Waals surface area contributed by atoms with E-state index in [1.165, 1.54) is 4.68 Å². The quantitative estimate of drug-likeness (QED) is 0.561. The Morgan fingerprint density at radius 1 is 1.50 bits per heavy atom. The molecule has 1 rings (SSSR count). The Labute approximate surface area is 115 Å². The molecule has 0 bridgehead atoms. The van der Waals surface area contributed by atoms with Crippen LogP contribution < -0.4 is 16.4 Å². The monoisotopic (exact) mass is 283 g/mol. The molecule has 3 amide bonds. The van der Waals surface area contributed by atoms with Gasteiger partial charge in [0.05, 0.1) is 11.4 Å². The van der Waals surface area contributed by atoms with Crippen molar-refractivity contribution < 1.29 is 19.5 Å². The number of aryl methyl sites for hydroxylation is 2. The molecule has 0 fully saturated rings. The predicted octanol–water partition coefficient (Wildman–Crippen LogP) is -0.431. The lowest BCUT2D eigenvalue weighted by Crippen LogP contribution is -2.43. The number of rotatable bonds is 6. The number of primary amides is 1. The lowest BCUT2D eigenvalue weighted by atomic mass is 10.1. The fourth-order valence-corrected chi connectivity index (χ4v) is 1.58. The molecule has 0 unspecified atom stereocenters. The number of nitrogens with two attached hydrogens (primary N) is 1. The minimum Gasteiger partial charge on any atom is -0.480 e. The zero-order valence-electron chi connectivity index (χ0n) is 11.2. The number of carbonyl (C=O) groups is 3. The van der Waals surface area contributed by atoms with Crippen molar-refractivity contribution >= 4 is 23.6 Å². The summed E-state index contributed by atoms with van der Waals surface area (Å²) in [5.74, 6) is -1.86. The average Bonchev–Trinajstić information content (AvgIpc) is 2.62. The molecular weight excluding hydrogens is 266 g/mol. The van der Waals surface area contributed by atoms with Crippen molar-refractivity contribution in [3.8, 4) is 0 Å². The predicted molar refractivity (Wildman–Crippen MR) is 70.0 cm³/mol. The molecule has 0 spiro atoms. The maximum Gasteiger partial charge on any atom is 0.326 e. The van der Waals surface area contributed by atoms with E-state index in [1.54, 1.807) is 20.2 Å². The number of amides is 3. The number of carboxylic acids is 1. The molecule has 1 aromatic heterocycles. The lowest BCUT2D eigenvalue weighted by Gasteiger charge is -2.14. The Morgan fingerprint density at radius 3 is 2.60 bits per heavy atom. The second kappa shape index (κ2) is 6.55. The molecule has 0 radical (unpaired) electrons. The van der Waals surface area contributed by atoms with E-state index in [9.17, 15) is 14.4 Å². The molecule has 1 heterocycles. The summed E-state index contributed by atoms with van der Waals surface area (Å²) in [6, 6.07) is -1.86. The normalized spacial score (nSPS) is 11.7. The smallest absolute Gasteiger partial charge is 0.326 e. The maximum atomic E-state index is 11.7. The van der Waals surface area contributed by atoms with Gasteiger partial charge in [-0.3, -0.25) is 9.48 Å². The highest BCUT2D eigenvalue weighted by atomic mass is 16.4. The van der Waals surface area contributed by atoms with E-state index in [0.29, 0.717) is 11.4 Å². The van der Waals surface area contributed by atoms with Crippen molar-refractivity contribution in [2.24, 2.45) is 12.8 Å².